The van der Waals surface area contributed by atoms with Gasteiger partial charge < -0.3 is 14.6 Å². The monoisotopic (exact) mass is 282 g/mol. The van der Waals surface area contributed by atoms with Crippen molar-refractivity contribution in [2.24, 2.45) is 0 Å². The summed E-state index contributed by atoms with van der Waals surface area (Å²) in [5.74, 6) is 6.85. The Morgan fingerprint density at radius 1 is 1.00 bits per heavy atom. The Kier molecular flexibility index (Phi) is 5.25. The van der Waals surface area contributed by atoms with Crippen LogP contribution in [-0.4, -0.2) is 18.0 Å². The van der Waals surface area contributed by atoms with Gasteiger partial charge in [-0.15, -0.1) is 0 Å². The Hall–Kier alpha value is -2.44. The molecule has 0 fully saturated rings. The maximum atomic E-state index is 9.76. The van der Waals surface area contributed by atoms with Gasteiger partial charge in [0.2, 0.25) is 0 Å². The predicted molar refractivity (Wildman–Crippen MR) is 82.3 cm³/mol. The summed E-state index contributed by atoms with van der Waals surface area (Å²) in [5, 5.41) is 9.76. The molecule has 108 valence electrons. The van der Waals surface area contributed by atoms with Crippen molar-refractivity contribution >= 4 is 0 Å². The number of ether oxygens (including phenoxy) is 2. The second-order valence-corrected chi connectivity index (χ2v) is 4.51. The lowest BCUT2D eigenvalue weighted by molar-refractivity contribution is 0.0331. The van der Waals surface area contributed by atoms with Crippen molar-refractivity contribution in [1.82, 2.24) is 0 Å². The third kappa shape index (κ3) is 4.87. The fourth-order valence-corrected chi connectivity index (χ4v) is 1.72. The smallest absolute Gasteiger partial charge is 0.262 e. The van der Waals surface area contributed by atoms with Gasteiger partial charge in [-0.2, -0.15) is 0 Å². The van der Waals surface area contributed by atoms with E-state index in [0.717, 1.165) is 11.3 Å². The first kappa shape index (κ1) is 15.0. The van der Waals surface area contributed by atoms with Crippen molar-refractivity contribution in [3.8, 4) is 23.3 Å². The fourth-order valence-electron chi connectivity index (χ4n) is 1.72. The molecule has 0 saturated carbocycles. The SMILES string of the molecule is CCOc1ccc(OC(O)C#Cc2ccc(C)cc2)cc1. The number of benzene rings is 2. The number of aryl methyl sites for hydroxylation is 1. The molecular formula is C18H18O3. The largest absolute Gasteiger partial charge is 0.494 e. The summed E-state index contributed by atoms with van der Waals surface area (Å²) in [6.45, 7) is 4.56. The van der Waals surface area contributed by atoms with Crippen LogP contribution in [0.25, 0.3) is 0 Å². The van der Waals surface area contributed by atoms with Crippen molar-refractivity contribution in [3.63, 3.8) is 0 Å². The van der Waals surface area contributed by atoms with Crippen LogP contribution in [0.5, 0.6) is 11.5 Å². The first-order valence-corrected chi connectivity index (χ1v) is 6.83. The van der Waals surface area contributed by atoms with Crippen molar-refractivity contribution in [1.29, 1.82) is 0 Å². The van der Waals surface area contributed by atoms with E-state index < -0.39 is 6.29 Å². The third-order valence-corrected chi connectivity index (χ3v) is 2.77. The van der Waals surface area contributed by atoms with Crippen LogP contribution in [0.15, 0.2) is 48.5 Å². The van der Waals surface area contributed by atoms with Gasteiger partial charge in [-0.1, -0.05) is 23.6 Å². The molecule has 1 N–H and O–H groups in total. The second-order valence-electron chi connectivity index (χ2n) is 4.51. The Bertz CT molecular complexity index is 618. The minimum absolute atomic E-state index is 0.546. The number of hydrogen-bond donors (Lipinski definition) is 1. The van der Waals surface area contributed by atoms with Crippen LogP contribution in [0.2, 0.25) is 0 Å². The number of rotatable bonds is 4. The van der Waals surface area contributed by atoms with Crippen LogP contribution in [0.4, 0.5) is 0 Å². The molecule has 21 heavy (non-hydrogen) atoms. The Labute approximate surface area is 125 Å². The average molecular weight is 282 g/mol. The topological polar surface area (TPSA) is 38.7 Å². The summed E-state index contributed by atoms with van der Waals surface area (Å²) in [4.78, 5) is 0. The van der Waals surface area contributed by atoms with Crippen LogP contribution >= 0.6 is 0 Å². The van der Waals surface area contributed by atoms with Gasteiger partial charge in [0.1, 0.15) is 11.5 Å². The molecule has 2 rings (SSSR count). The molecule has 0 aliphatic rings. The molecule has 0 aromatic heterocycles. The van der Waals surface area contributed by atoms with Crippen LogP contribution < -0.4 is 9.47 Å². The van der Waals surface area contributed by atoms with E-state index in [2.05, 4.69) is 11.8 Å². The highest BCUT2D eigenvalue weighted by Crippen LogP contribution is 2.18. The molecular weight excluding hydrogens is 264 g/mol. The molecule has 3 nitrogen and oxygen atoms in total. The molecule has 2 aromatic carbocycles. The van der Waals surface area contributed by atoms with Crippen molar-refractivity contribution in [2.75, 3.05) is 6.61 Å². The van der Waals surface area contributed by atoms with E-state index in [4.69, 9.17) is 9.47 Å². The van der Waals surface area contributed by atoms with E-state index in [1.54, 1.807) is 24.3 Å². The highest BCUT2D eigenvalue weighted by Gasteiger charge is 2.01. The van der Waals surface area contributed by atoms with Crippen LogP contribution in [0.1, 0.15) is 18.1 Å². The zero-order chi connectivity index (χ0) is 15.1. The predicted octanol–water partition coefficient (Wildman–Crippen LogP) is 3.14. The molecule has 0 spiro atoms. The van der Waals surface area contributed by atoms with Gasteiger partial charge in [-0.25, -0.2) is 0 Å². The van der Waals surface area contributed by atoms with Gasteiger partial charge >= 0.3 is 0 Å². The van der Waals surface area contributed by atoms with E-state index in [9.17, 15) is 5.11 Å². The Morgan fingerprint density at radius 3 is 2.24 bits per heavy atom. The van der Waals surface area contributed by atoms with Gasteiger partial charge in [-0.3, -0.25) is 0 Å². The molecule has 3 heteroatoms. The summed E-state index contributed by atoms with van der Waals surface area (Å²) >= 11 is 0. The zero-order valence-electron chi connectivity index (χ0n) is 12.2. The van der Waals surface area contributed by atoms with E-state index in [0.29, 0.717) is 12.4 Å². The number of aliphatic hydroxyl groups is 1. The summed E-state index contributed by atoms with van der Waals surface area (Å²) in [6.07, 6.45) is -1.16. The number of hydrogen-bond acceptors (Lipinski definition) is 3. The molecule has 0 saturated heterocycles. The lowest BCUT2D eigenvalue weighted by atomic mass is 10.1. The maximum absolute atomic E-state index is 9.76. The molecule has 0 aliphatic heterocycles. The maximum Gasteiger partial charge on any atom is 0.262 e. The minimum atomic E-state index is -1.16. The summed E-state index contributed by atoms with van der Waals surface area (Å²) in [7, 11) is 0. The van der Waals surface area contributed by atoms with E-state index in [-0.39, 0.29) is 0 Å². The standard InChI is InChI=1S/C18H18O3/c1-3-20-16-9-11-17(12-10-16)21-18(19)13-8-15-6-4-14(2)5-7-15/h4-7,9-12,18-19H,3H2,1-2H3. The molecule has 0 aliphatic carbocycles. The van der Waals surface area contributed by atoms with Gasteiger partial charge in [0.25, 0.3) is 6.29 Å². The summed E-state index contributed by atoms with van der Waals surface area (Å²) < 4.78 is 10.7. The molecule has 2 aromatic rings. The quantitative estimate of drug-likeness (QED) is 0.691. The zero-order valence-corrected chi connectivity index (χ0v) is 12.2. The molecule has 0 radical (unpaired) electrons. The summed E-state index contributed by atoms with van der Waals surface area (Å²) in [6, 6.07) is 14.8. The molecule has 1 unspecified atom stereocenters. The average Bonchev–Trinajstić information content (AvgIpc) is 2.49. The van der Waals surface area contributed by atoms with Gasteiger partial charge in [0, 0.05) is 5.56 Å². The first-order valence-electron chi connectivity index (χ1n) is 6.83. The molecule has 0 bridgehead atoms. The van der Waals surface area contributed by atoms with Crippen LogP contribution in [-0.2, 0) is 0 Å². The van der Waals surface area contributed by atoms with Crippen molar-refractivity contribution in [3.05, 3.63) is 59.7 Å². The number of aliphatic hydroxyl groups excluding tert-OH is 1. The molecule has 1 atom stereocenters. The third-order valence-electron chi connectivity index (χ3n) is 2.77. The van der Waals surface area contributed by atoms with Crippen molar-refractivity contribution < 1.29 is 14.6 Å². The van der Waals surface area contributed by atoms with E-state index >= 15 is 0 Å². The normalized spacial score (nSPS) is 11.2. The Balaban J connectivity index is 1.95. The fraction of sp³-hybridized carbons (Fsp3) is 0.222. The second kappa shape index (κ2) is 7.37. The van der Waals surface area contributed by atoms with Crippen LogP contribution in [0.3, 0.4) is 0 Å². The van der Waals surface area contributed by atoms with Gasteiger partial charge in [0.05, 0.1) is 6.61 Å². The lowest BCUT2D eigenvalue weighted by Gasteiger charge is -2.08. The van der Waals surface area contributed by atoms with E-state index in [1.807, 2.05) is 38.1 Å². The van der Waals surface area contributed by atoms with Crippen molar-refractivity contribution in [2.45, 2.75) is 20.1 Å². The highest BCUT2D eigenvalue weighted by molar-refractivity contribution is 5.37. The molecule has 0 amide bonds. The first-order chi connectivity index (χ1) is 10.2. The van der Waals surface area contributed by atoms with Gasteiger partial charge in [-0.05, 0) is 56.2 Å². The Morgan fingerprint density at radius 2 is 1.62 bits per heavy atom. The summed E-state index contributed by atoms with van der Waals surface area (Å²) in [5.41, 5.74) is 2.02. The highest BCUT2D eigenvalue weighted by atomic mass is 16.6. The minimum Gasteiger partial charge on any atom is -0.494 e. The van der Waals surface area contributed by atoms with Gasteiger partial charge in [0.15, 0.2) is 0 Å². The van der Waals surface area contributed by atoms with E-state index in [1.165, 1.54) is 5.56 Å². The lowest BCUT2D eigenvalue weighted by Crippen LogP contribution is -2.12. The molecule has 0 heterocycles. The van der Waals surface area contributed by atoms with Crippen LogP contribution in [0, 0.1) is 18.8 Å².